The maximum absolute atomic E-state index is 12.6. The van der Waals surface area contributed by atoms with Gasteiger partial charge >= 0.3 is 0 Å². The Labute approximate surface area is 337 Å². The third-order valence-electron chi connectivity index (χ3n) is 9.48. The number of hydrogen-bond acceptors (Lipinski definition) is 11. The molecule has 3 amide bonds. The number of pyridine rings is 4. The summed E-state index contributed by atoms with van der Waals surface area (Å²) in [5, 5.41) is 14.3. The van der Waals surface area contributed by atoms with Gasteiger partial charge in [0.1, 0.15) is 0 Å². The van der Waals surface area contributed by atoms with E-state index in [1.807, 2.05) is 84.9 Å². The summed E-state index contributed by atoms with van der Waals surface area (Å²) in [5.41, 5.74) is 13.4. The maximum atomic E-state index is 12.6. The Morgan fingerprint density at radius 2 is 1.46 bits per heavy atom. The number of carbonyl (C=O) groups is 3. The van der Waals surface area contributed by atoms with E-state index in [1.165, 1.54) is 13.3 Å². The van der Waals surface area contributed by atoms with Crippen molar-refractivity contribution in [2.75, 3.05) is 28.4 Å². The van der Waals surface area contributed by atoms with Gasteiger partial charge in [-0.3, -0.25) is 24.7 Å². The van der Waals surface area contributed by atoms with E-state index >= 15 is 0 Å². The lowest BCUT2D eigenvalue weighted by Gasteiger charge is -2.21. The zero-order chi connectivity index (χ0) is 40.9. The van der Waals surface area contributed by atoms with Crippen LogP contribution in [0.1, 0.15) is 35.7 Å². The smallest absolute Gasteiger partial charge is 0.255 e. The van der Waals surface area contributed by atoms with E-state index in [-0.39, 0.29) is 29.6 Å². The Hall–Kier alpha value is -8.01. The molecule has 0 atom stereocenters. The van der Waals surface area contributed by atoms with Crippen molar-refractivity contribution in [2.45, 2.75) is 26.3 Å². The quantitative estimate of drug-likeness (QED) is 0.140. The molecule has 2 aromatic carbocycles. The van der Waals surface area contributed by atoms with E-state index in [0.29, 0.717) is 40.9 Å². The highest BCUT2D eigenvalue weighted by Gasteiger charge is 2.30. The van der Waals surface area contributed by atoms with Crippen LogP contribution < -0.4 is 26.0 Å². The van der Waals surface area contributed by atoms with Gasteiger partial charge in [0, 0.05) is 53.7 Å². The van der Waals surface area contributed by atoms with Crippen molar-refractivity contribution in [3.8, 4) is 28.4 Å². The largest absolute Gasteiger partial charge is 0.481 e. The number of nitrogens with zero attached hydrogens (tertiary/aromatic N) is 9. The molecule has 1 aliphatic carbocycles. The van der Waals surface area contributed by atoms with Gasteiger partial charge in [0.15, 0.2) is 11.3 Å². The molecular weight excluding hydrogens is 749 g/mol. The molecule has 4 N–H and O–H groups in total. The normalized spacial score (nSPS) is 12.0. The van der Waals surface area contributed by atoms with Crippen LogP contribution >= 0.6 is 0 Å². The summed E-state index contributed by atoms with van der Waals surface area (Å²) < 4.78 is 8.41. The number of nitrogens with two attached hydrogens (primary N) is 1. The van der Waals surface area contributed by atoms with Crippen molar-refractivity contribution in [2.24, 2.45) is 5.92 Å². The van der Waals surface area contributed by atoms with Crippen molar-refractivity contribution < 1.29 is 19.1 Å². The number of methoxy groups -OCH3 is 1. The molecule has 1 fully saturated rings. The standard InChI is InChI=1S/C23H20N6O3.C20H18N6O/c1-32-20-12-11-17(13-24-20)25-21(30)15-7-5-14(6-8-15)18-3-2-4-19-26-23(28-29(18)19)27-22(31)16-9-10-16;1-14(27)25(13-15-4-3-11-22-12-15)17-9-7-16(8-10-17)18-5-2-6-19-23-20(21)24-26(18)19/h2-8,11-13,16H,9-10H2,1H3,(H,25,30)(H,27,28,31);2-12H,13H2,1H3,(H2,21,24). The number of nitrogen functional groups attached to an aromatic ring is 1. The second kappa shape index (κ2) is 16.6. The van der Waals surface area contributed by atoms with Crippen molar-refractivity contribution in [3.63, 3.8) is 0 Å². The summed E-state index contributed by atoms with van der Waals surface area (Å²) in [6.07, 6.45) is 6.85. The molecule has 8 aromatic rings. The number of nitrogens with one attached hydrogen (secondary N) is 2. The molecule has 0 spiro atoms. The number of carbonyl (C=O) groups excluding carboxylic acids is 3. The molecule has 0 bridgehead atoms. The third kappa shape index (κ3) is 8.71. The summed E-state index contributed by atoms with van der Waals surface area (Å²) in [7, 11) is 1.53. The maximum Gasteiger partial charge on any atom is 0.255 e. The molecule has 9 rings (SSSR count). The fourth-order valence-electron chi connectivity index (χ4n) is 6.32. The summed E-state index contributed by atoms with van der Waals surface area (Å²) in [5.74, 6) is 0.769. The average Bonchev–Trinajstić information content (AvgIpc) is 3.93. The molecule has 294 valence electrons. The van der Waals surface area contributed by atoms with E-state index < -0.39 is 0 Å². The predicted octanol–water partition coefficient (Wildman–Crippen LogP) is 6.33. The first-order valence-corrected chi connectivity index (χ1v) is 18.7. The Morgan fingerprint density at radius 1 is 0.780 bits per heavy atom. The first kappa shape index (κ1) is 37.9. The van der Waals surface area contributed by atoms with E-state index in [4.69, 9.17) is 10.5 Å². The summed E-state index contributed by atoms with van der Waals surface area (Å²) in [4.78, 5) is 55.2. The number of hydrogen-bond donors (Lipinski definition) is 3. The number of benzene rings is 2. The Bertz CT molecular complexity index is 2770. The number of anilines is 4. The molecular formula is C43H38N12O4. The molecule has 1 aliphatic rings. The molecule has 0 aliphatic heterocycles. The van der Waals surface area contributed by atoms with Crippen LogP contribution in [-0.2, 0) is 16.1 Å². The van der Waals surface area contributed by atoms with Gasteiger partial charge in [0.05, 0.1) is 36.9 Å². The van der Waals surface area contributed by atoms with Gasteiger partial charge in [-0.2, -0.15) is 9.97 Å². The zero-order valence-electron chi connectivity index (χ0n) is 32.1. The lowest BCUT2D eigenvalue weighted by Crippen LogP contribution is -2.27. The zero-order valence-corrected chi connectivity index (χ0v) is 32.1. The summed E-state index contributed by atoms with van der Waals surface area (Å²) in [6.45, 7) is 2.03. The van der Waals surface area contributed by atoms with Gasteiger partial charge in [-0.15, -0.1) is 10.2 Å². The van der Waals surface area contributed by atoms with E-state index in [1.54, 1.807) is 57.5 Å². The molecule has 16 heteroatoms. The van der Waals surface area contributed by atoms with Gasteiger partial charge in [-0.1, -0.05) is 42.5 Å². The highest BCUT2D eigenvalue weighted by Crippen LogP contribution is 2.30. The summed E-state index contributed by atoms with van der Waals surface area (Å²) >= 11 is 0. The predicted molar refractivity (Wildman–Crippen MR) is 222 cm³/mol. The van der Waals surface area contributed by atoms with Crippen LogP contribution in [0.4, 0.5) is 23.3 Å². The molecule has 1 saturated carbocycles. The molecule has 6 heterocycles. The van der Waals surface area contributed by atoms with Gasteiger partial charge in [-0.05, 0) is 79.1 Å². The third-order valence-corrected chi connectivity index (χ3v) is 9.48. The van der Waals surface area contributed by atoms with Crippen LogP contribution in [0.15, 0.2) is 128 Å². The minimum atomic E-state index is -0.243. The van der Waals surface area contributed by atoms with Crippen LogP contribution in [0, 0.1) is 5.92 Å². The van der Waals surface area contributed by atoms with Gasteiger partial charge in [0.25, 0.3) is 5.91 Å². The fraction of sp³-hybridized carbons (Fsp3) is 0.140. The van der Waals surface area contributed by atoms with Crippen molar-refractivity contribution in [3.05, 3.63) is 139 Å². The Morgan fingerprint density at radius 3 is 2.07 bits per heavy atom. The van der Waals surface area contributed by atoms with Crippen LogP contribution in [0.25, 0.3) is 33.8 Å². The highest BCUT2D eigenvalue weighted by molar-refractivity contribution is 6.04. The fourth-order valence-corrected chi connectivity index (χ4v) is 6.32. The molecule has 0 unspecified atom stereocenters. The minimum absolute atomic E-state index is 0.0299. The molecule has 0 saturated heterocycles. The number of amides is 3. The SMILES string of the molecule is CC(=O)N(Cc1cccnc1)c1ccc(-c2cccc3nc(N)nn23)cc1.COc1ccc(NC(=O)c2ccc(-c3cccc4nc(NC(=O)C5CC5)nn34)cc2)cn1. The average molecular weight is 787 g/mol. The lowest BCUT2D eigenvalue weighted by molar-refractivity contribution is -0.117. The second-order valence-corrected chi connectivity index (χ2v) is 13.7. The molecule has 16 nitrogen and oxygen atoms in total. The van der Waals surface area contributed by atoms with E-state index in [0.717, 1.165) is 46.6 Å². The lowest BCUT2D eigenvalue weighted by atomic mass is 10.1. The molecule has 0 radical (unpaired) electrons. The van der Waals surface area contributed by atoms with Crippen LogP contribution in [-0.4, -0.2) is 64.0 Å². The monoisotopic (exact) mass is 786 g/mol. The molecule has 6 aromatic heterocycles. The van der Waals surface area contributed by atoms with E-state index in [2.05, 4.69) is 40.8 Å². The van der Waals surface area contributed by atoms with Crippen LogP contribution in [0.5, 0.6) is 5.88 Å². The Kier molecular flexibility index (Phi) is 10.7. The number of fused-ring (bicyclic) bond motifs is 2. The van der Waals surface area contributed by atoms with Gasteiger partial charge in [0.2, 0.25) is 29.6 Å². The second-order valence-electron chi connectivity index (χ2n) is 13.7. The van der Waals surface area contributed by atoms with Gasteiger partial charge < -0.3 is 20.7 Å². The Balaban J connectivity index is 0.000000167. The molecule has 59 heavy (non-hydrogen) atoms. The summed E-state index contributed by atoms with van der Waals surface area (Å²) in [6, 6.07) is 33.5. The van der Waals surface area contributed by atoms with Crippen molar-refractivity contribution >= 4 is 52.3 Å². The topological polar surface area (TPSA) is 200 Å². The van der Waals surface area contributed by atoms with Crippen molar-refractivity contribution in [1.82, 2.24) is 39.2 Å². The minimum Gasteiger partial charge on any atom is -0.481 e. The first-order chi connectivity index (χ1) is 28.7. The number of rotatable bonds is 10. The van der Waals surface area contributed by atoms with E-state index in [9.17, 15) is 14.4 Å². The first-order valence-electron chi connectivity index (χ1n) is 18.7. The van der Waals surface area contributed by atoms with Gasteiger partial charge in [-0.25, -0.2) is 14.0 Å². The van der Waals surface area contributed by atoms with Crippen LogP contribution in [0.3, 0.4) is 0 Å². The number of ether oxygens (including phenoxy) is 1. The highest BCUT2D eigenvalue weighted by atomic mass is 16.5. The number of aromatic nitrogens is 8. The van der Waals surface area contributed by atoms with Crippen LogP contribution in [0.2, 0.25) is 0 Å². The van der Waals surface area contributed by atoms with Crippen molar-refractivity contribution in [1.29, 1.82) is 0 Å².